The number of fused-ring (bicyclic) bond motifs is 3. The first kappa shape index (κ1) is 19.0. The van der Waals surface area contributed by atoms with Crippen LogP contribution >= 0.6 is 27.7 Å². The number of hydrogen-bond acceptors (Lipinski definition) is 5. The molecule has 5 aromatic rings. The molecule has 0 bridgehead atoms. The predicted octanol–water partition coefficient (Wildman–Crippen LogP) is 5.68. The topological polar surface area (TPSA) is 60.2 Å². The summed E-state index contributed by atoms with van der Waals surface area (Å²) in [6, 6.07) is 25.1. The van der Waals surface area contributed by atoms with Gasteiger partial charge in [-0.3, -0.25) is 4.79 Å². The summed E-state index contributed by atoms with van der Waals surface area (Å²) in [6.07, 6.45) is 0. The lowest BCUT2D eigenvalue weighted by Crippen LogP contribution is -2.05. The third-order valence-corrected chi connectivity index (χ3v) is 6.14. The minimum atomic E-state index is 0.0407. The predicted molar refractivity (Wildman–Crippen MR) is 123 cm³/mol. The molecule has 0 saturated carbocycles. The number of rotatable bonds is 5. The van der Waals surface area contributed by atoms with Crippen LogP contribution in [0.1, 0.15) is 10.4 Å². The maximum Gasteiger partial charge on any atom is 0.192 e. The molecule has 0 unspecified atom stereocenters. The Balaban J connectivity index is 1.55. The number of carbonyl (C=O) groups excluding carboxylic acids is 1. The number of nitrogens with zero attached hydrogens (tertiary/aromatic N) is 4. The summed E-state index contributed by atoms with van der Waals surface area (Å²) in [7, 11) is 0. The summed E-state index contributed by atoms with van der Waals surface area (Å²) >= 11 is 4.77. The number of halogens is 1. The minimum absolute atomic E-state index is 0.0407. The summed E-state index contributed by atoms with van der Waals surface area (Å²) in [5, 5.41) is 6.27. The van der Waals surface area contributed by atoms with E-state index < -0.39 is 0 Å². The van der Waals surface area contributed by atoms with Crippen LogP contribution in [0, 0.1) is 0 Å². The molecule has 0 fully saturated rings. The lowest BCUT2D eigenvalue weighted by molar-refractivity contribution is 0.102. The van der Waals surface area contributed by atoms with Crippen molar-refractivity contribution < 1.29 is 4.79 Å². The number of Topliss-reactive ketones (excluding diaryl/α,β-unsaturated/α-hetero) is 1. The molecule has 30 heavy (non-hydrogen) atoms. The van der Waals surface area contributed by atoms with Crippen LogP contribution in [-0.2, 0) is 0 Å². The lowest BCUT2D eigenvalue weighted by atomic mass is 10.2. The number of aromatic nitrogens is 4. The highest BCUT2D eigenvalue weighted by molar-refractivity contribution is 9.10. The van der Waals surface area contributed by atoms with Crippen molar-refractivity contribution in [2.75, 3.05) is 5.75 Å². The Labute approximate surface area is 185 Å². The Bertz CT molecular complexity index is 1370. The summed E-state index contributed by atoms with van der Waals surface area (Å²) in [4.78, 5) is 22.2. The van der Waals surface area contributed by atoms with E-state index in [1.54, 1.807) is 4.52 Å². The van der Waals surface area contributed by atoms with Crippen molar-refractivity contribution in [3.8, 4) is 11.4 Å². The molecule has 2 heterocycles. The summed E-state index contributed by atoms with van der Waals surface area (Å²) in [5.41, 5.74) is 3.17. The number of ketones is 1. The van der Waals surface area contributed by atoms with Crippen LogP contribution in [0.25, 0.3) is 27.9 Å². The van der Waals surface area contributed by atoms with E-state index in [0.29, 0.717) is 16.5 Å². The molecule has 0 atom stereocenters. The molecule has 0 aliphatic heterocycles. The zero-order valence-electron chi connectivity index (χ0n) is 15.7. The van der Waals surface area contributed by atoms with Crippen LogP contribution < -0.4 is 0 Å². The van der Waals surface area contributed by atoms with E-state index >= 15 is 0 Å². The van der Waals surface area contributed by atoms with Gasteiger partial charge in [-0.25, -0.2) is 9.97 Å². The van der Waals surface area contributed by atoms with Crippen molar-refractivity contribution in [3.63, 3.8) is 0 Å². The van der Waals surface area contributed by atoms with Crippen LogP contribution in [-0.4, -0.2) is 31.1 Å². The first-order valence-electron chi connectivity index (χ1n) is 9.31. The maximum atomic E-state index is 12.6. The van der Waals surface area contributed by atoms with Gasteiger partial charge >= 0.3 is 0 Å². The molecular weight excluding hydrogens is 460 g/mol. The third kappa shape index (κ3) is 3.62. The van der Waals surface area contributed by atoms with E-state index in [1.807, 2.05) is 78.9 Å². The van der Waals surface area contributed by atoms with Gasteiger partial charge in [0.1, 0.15) is 0 Å². The van der Waals surface area contributed by atoms with Crippen molar-refractivity contribution in [2.24, 2.45) is 0 Å². The van der Waals surface area contributed by atoms with Gasteiger partial charge < -0.3 is 0 Å². The number of thioether (sulfide) groups is 1. The van der Waals surface area contributed by atoms with Gasteiger partial charge in [-0.05, 0) is 24.3 Å². The fourth-order valence-electron chi connectivity index (χ4n) is 3.18. The number of hydrogen-bond donors (Lipinski definition) is 0. The normalized spacial score (nSPS) is 11.2. The molecule has 7 heteroatoms. The van der Waals surface area contributed by atoms with Crippen molar-refractivity contribution in [3.05, 3.63) is 88.9 Å². The van der Waals surface area contributed by atoms with E-state index in [2.05, 4.69) is 15.9 Å². The van der Waals surface area contributed by atoms with Crippen LogP contribution in [0.4, 0.5) is 0 Å². The third-order valence-electron chi connectivity index (χ3n) is 4.68. The van der Waals surface area contributed by atoms with Crippen LogP contribution in [0.3, 0.4) is 0 Å². The fourth-order valence-corrected chi connectivity index (χ4v) is 4.29. The van der Waals surface area contributed by atoms with Gasteiger partial charge in [-0.15, -0.1) is 5.10 Å². The van der Waals surface area contributed by atoms with E-state index in [1.165, 1.54) is 11.8 Å². The molecule has 5 rings (SSSR count). The second-order valence-corrected chi connectivity index (χ2v) is 8.53. The van der Waals surface area contributed by atoms with Crippen molar-refractivity contribution >= 4 is 50.0 Å². The highest BCUT2D eigenvalue weighted by Crippen LogP contribution is 2.27. The largest absolute Gasteiger partial charge is 0.293 e. The molecule has 0 aliphatic rings. The molecule has 0 aliphatic carbocycles. The molecular formula is C23H15BrN4OS. The quantitative estimate of drug-likeness (QED) is 0.186. The Hall–Kier alpha value is -3.03. The summed E-state index contributed by atoms with van der Waals surface area (Å²) in [6.45, 7) is 0. The van der Waals surface area contributed by atoms with E-state index in [4.69, 9.17) is 15.1 Å². The Kier molecular flexibility index (Phi) is 5.06. The van der Waals surface area contributed by atoms with Crippen molar-refractivity contribution in [1.82, 2.24) is 19.6 Å². The van der Waals surface area contributed by atoms with Gasteiger partial charge in [0, 0.05) is 21.0 Å². The van der Waals surface area contributed by atoms with Crippen LogP contribution in [0.5, 0.6) is 0 Å². The van der Waals surface area contributed by atoms with E-state index in [0.717, 1.165) is 26.6 Å². The number of benzene rings is 3. The summed E-state index contributed by atoms with van der Waals surface area (Å²) < 4.78 is 2.69. The Morgan fingerprint density at radius 2 is 1.63 bits per heavy atom. The van der Waals surface area contributed by atoms with Gasteiger partial charge in [0.25, 0.3) is 0 Å². The average molecular weight is 475 g/mol. The van der Waals surface area contributed by atoms with Crippen molar-refractivity contribution in [1.29, 1.82) is 0 Å². The zero-order chi connectivity index (χ0) is 20.5. The second kappa shape index (κ2) is 8.01. The van der Waals surface area contributed by atoms with Gasteiger partial charge in [-0.2, -0.15) is 4.52 Å². The molecule has 5 nitrogen and oxygen atoms in total. The van der Waals surface area contributed by atoms with Crippen molar-refractivity contribution in [2.45, 2.75) is 5.16 Å². The molecule has 0 spiro atoms. The fraction of sp³-hybridized carbons (Fsp3) is 0.0435. The molecule has 0 saturated heterocycles. The lowest BCUT2D eigenvalue weighted by Gasteiger charge is -2.06. The van der Waals surface area contributed by atoms with Gasteiger partial charge in [0.2, 0.25) is 0 Å². The standard InChI is InChI=1S/C23H15BrN4OS/c24-17-12-10-15(11-13-17)20(29)14-30-23-25-19-9-5-4-8-18(19)22-26-21(27-28(22)23)16-6-2-1-3-7-16/h1-13H,14H2. The smallest absolute Gasteiger partial charge is 0.192 e. The minimum Gasteiger partial charge on any atom is -0.293 e. The molecule has 3 aromatic carbocycles. The molecule has 146 valence electrons. The van der Waals surface area contributed by atoms with E-state index in [-0.39, 0.29) is 11.5 Å². The molecule has 0 radical (unpaired) electrons. The summed E-state index contributed by atoms with van der Waals surface area (Å²) in [5.74, 6) is 0.941. The maximum absolute atomic E-state index is 12.6. The highest BCUT2D eigenvalue weighted by atomic mass is 79.9. The molecule has 0 amide bonds. The van der Waals surface area contributed by atoms with Gasteiger partial charge in [-0.1, -0.05) is 82.3 Å². The zero-order valence-corrected chi connectivity index (χ0v) is 18.1. The molecule has 0 N–H and O–H groups in total. The second-order valence-electron chi connectivity index (χ2n) is 6.67. The molecule has 2 aromatic heterocycles. The highest BCUT2D eigenvalue weighted by Gasteiger charge is 2.16. The SMILES string of the molecule is O=C(CSc1nc2ccccc2c2nc(-c3ccccc3)nn12)c1ccc(Br)cc1. The average Bonchev–Trinajstić information content (AvgIpc) is 3.24. The van der Waals surface area contributed by atoms with Gasteiger partial charge in [0.05, 0.1) is 11.3 Å². The Morgan fingerprint density at radius 1 is 0.900 bits per heavy atom. The Morgan fingerprint density at radius 3 is 2.43 bits per heavy atom. The van der Waals surface area contributed by atoms with Gasteiger partial charge in [0.15, 0.2) is 22.4 Å². The van der Waals surface area contributed by atoms with Crippen LogP contribution in [0.15, 0.2) is 88.5 Å². The van der Waals surface area contributed by atoms with Crippen LogP contribution in [0.2, 0.25) is 0 Å². The number of carbonyl (C=O) groups is 1. The monoisotopic (exact) mass is 474 g/mol. The first-order valence-corrected chi connectivity index (χ1v) is 11.1. The number of para-hydroxylation sites is 1. The first-order chi connectivity index (χ1) is 14.7. The van der Waals surface area contributed by atoms with E-state index in [9.17, 15) is 4.79 Å².